The summed E-state index contributed by atoms with van der Waals surface area (Å²) in [5.41, 5.74) is 0.277. The van der Waals surface area contributed by atoms with E-state index in [1.807, 2.05) is 0 Å². The molecule has 3 rings (SSSR count). The van der Waals surface area contributed by atoms with E-state index in [1.165, 1.54) is 44.1 Å². The quantitative estimate of drug-likeness (QED) is 0.499. The molecule has 8 nitrogen and oxygen atoms in total. The molecule has 1 fully saturated rings. The summed E-state index contributed by atoms with van der Waals surface area (Å²) in [6.07, 6.45) is 1.51. The average Bonchev–Trinajstić information content (AvgIpc) is 3.40. The molecule has 0 spiro atoms. The zero-order chi connectivity index (χ0) is 21.0. The summed E-state index contributed by atoms with van der Waals surface area (Å²) in [5, 5.41) is -0.405. The van der Waals surface area contributed by atoms with Crippen LogP contribution in [0.3, 0.4) is 0 Å². The van der Waals surface area contributed by atoms with E-state index in [9.17, 15) is 14.4 Å². The number of ether oxygens (including phenoxy) is 3. The van der Waals surface area contributed by atoms with Gasteiger partial charge >= 0.3 is 5.97 Å². The van der Waals surface area contributed by atoms with Gasteiger partial charge in [0.05, 0.1) is 26.0 Å². The molecule has 1 aliphatic heterocycles. The van der Waals surface area contributed by atoms with Gasteiger partial charge in [-0.15, -0.1) is 11.8 Å². The van der Waals surface area contributed by atoms with Crippen molar-refractivity contribution in [3.8, 4) is 11.5 Å². The number of hydrogen-bond donors (Lipinski definition) is 0. The largest absolute Gasteiger partial charge is 0.497 e. The third-order valence-corrected chi connectivity index (χ3v) is 5.76. The summed E-state index contributed by atoms with van der Waals surface area (Å²) in [6.45, 7) is 0.926. The first kappa shape index (κ1) is 20.8. The van der Waals surface area contributed by atoms with Crippen molar-refractivity contribution in [2.24, 2.45) is 0 Å². The molecule has 2 aromatic rings. The molecule has 0 bridgehead atoms. The van der Waals surface area contributed by atoms with Crippen LogP contribution < -0.4 is 9.47 Å². The number of carbonyl (C=O) groups is 3. The summed E-state index contributed by atoms with van der Waals surface area (Å²) in [4.78, 5) is 38.7. The molecule has 1 saturated heterocycles. The molecule has 1 aliphatic rings. The summed E-state index contributed by atoms with van der Waals surface area (Å²) < 4.78 is 20.9. The van der Waals surface area contributed by atoms with Crippen LogP contribution in [-0.4, -0.2) is 55.2 Å². The Morgan fingerprint density at radius 1 is 1.21 bits per heavy atom. The number of thioether (sulfide) groups is 1. The normalized spacial score (nSPS) is 18.4. The van der Waals surface area contributed by atoms with E-state index < -0.39 is 29.8 Å². The first-order valence-electron chi connectivity index (χ1n) is 8.82. The van der Waals surface area contributed by atoms with Crippen LogP contribution in [0.15, 0.2) is 41.0 Å². The maximum absolute atomic E-state index is 12.6. The maximum atomic E-state index is 12.6. The highest BCUT2D eigenvalue weighted by molar-refractivity contribution is 7.99. The number of methoxy groups -OCH3 is 2. The number of carbonyl (C=O) groups excluding carboxylic acids is 3. The summed E-state index contributed by atoms with van der Waals surface area (Å²) in [6, 6.07) is 7.43. The minimum absolute atomic E-state index is 0.276. The molecule has 154 valence electrons. The minimum Gasteiger partial charge on any atom is -0.497 e. The lowest BCUT2D eigenvalue weighted by Crippen LogP contribution is -2.43. The number of nitrogens with zero attached hydrogens (tertiary/aromatic N) is 1. The Morgan fingerprint density at radius 3 is 2.62 bits per heavy atom. The molecule has 29 heavy (non-hydrogen) atoms. The second-order valence-electron chi connectivity index (χ2n) is 6.24. The Bertz CT molecular complexity index is 896. The number of furan rings is 1. The lowest BCUT2D eigenvalue weighted by Gasteiger charge is -2.25. The van der Waals surface area contributed by atoms with E-state index in [0.717, 1.165) is 0 Å². The van der Waals surface area contributed by atoms with Gasteiger partial charge in [-0.1, -0.05) is 0 Å². The standard InChI is InChI=1S/C20H21NO7S/c1-12(22)21-15(11-29-19(21)17-5-4-8-27-17)20(24)28-10-16(23)14-7-6-13(25-2)9-18(14)26-3/h4-9,15,19H,10-11H2,1-3H3/t15-,19+/m0/s1. The average molecular weight is 419 g/mol. The van der Waals surface area contributed by atoms with Crippen molar-refractivity contribution >= 4 is 29.4 Å². The molecular formula is C20H21NO7S. The van der Waals surface area contributed by atoms with Crippen molar-refractivity contribution in [1.29, 1.82) is 0 Å². The van der Waals surface area contributed by atoms with Gasteiger partial charge in [-0.2, -0.15) is 0 Å². The molecule has 0 saturated carbocycles. The Hall–Kier alpha value is -2.94. The van der Waals surface area contributed by atoms with Crippen molar-refractivity contribution in [3.63, 3.8) is 0 Å². The van der Waals surface area contributed by atoms with E-state index >= 15 is 0 Å². The minimum atomic E-state index is -0.793. The first-order valence-corrected chi connectivity index (χ1v) is 9.87. The fraction of sp³-hybridized carbons (Fsp3) is 0.350. The van der Waals surface area contributed by atoms with Crippen LogP contribution >= 0.6 is 11.8 Å². The molecule has 0 unspecified atom stereocenters. The van der Waals surface area contributed by atoms with Crippen molar-refractivity contribution in [3.05, 3.63) is 47.9 Å². The maximum Gasteiger partial charge on any atom is 0.330 e. The van der Waals surface area contributed by atoms with Crippen LogP contribution in [0.4, 0.5) is 0 Å². The zero-order valence-corrected chi connectivity index (χ0v) is 17.1. The predicted molar refractivity (Wildman–Crippen MR) is 105 cm³/mol. The number of hydrogen-bond acceptors (Lipinski definition) is 8. The molecular weight excluding hydrogens is 398 g/mol. The van der Waals surface area contributed by atoms with E-state index in [1.54, 1.807) is 30.3 Å². The second-order valence-corrected chi connectivity index (χ2v) is 7.35. The first-order chi connectivity index (χ1) is 14.0. The van der Waals surface area contributed by atoms with Crippen LogP contribution in [-0.2, 0) is 14.3 Å². The number of ketones is 1. The summed E-state index contributed by atoms with van der Waals surface area (Å²) >= 11 is 1.41. The van der Waals surface area contributed by atoms with Gasteiger partial charge in [-0.05, 0) is 24.3 Å². The van der Waals surface area contributed by atoms with Gasteiger partial charge in [0.25, 0.3) is 0 Å². The summed E-state index contributed by atoms with van der Waals surface area (Å²) in [5.74, 6) is 0.470. The molecule has 1 amide bonds. The van der Waals surface area contributed by atoms with Gasteiger partial charge in [0.15, 0.2) is 6.61 Å². The monoisotopic (exact) mass is 419 g/mol. The SMILES string of the molecule is COc1ccc(C(=O)COC(=O)[C@@H]2CS[C@H](c3ccco3)N2C(C)=O)c(OC)c1. The van der Waals surface area contributed by atoms with Crippen molar-refractivity contribution < 1.29 is 33.0 Å². The van der Waals surface area contributed by atoms with Gasteiger partial charge in [0, 0.05) is 18.7 Å². The Kier molecular flexibility index (Phi) is 6.48. The summed E-state index contributed by atoms with van der Waals surface area (Å²) in [7, 11) is 2.95. The third kappa shape index (κ3) is 4.40. The van der Waals surface area contributed by atoms with Crippen molar-refractivity contribution in [2.75, 3.05) is 26.6 Å². The zero-order valence-electron chi connectivity index (χ0n) is 16.2. The molecule has 2 heterocycles. The van der Waals surface area contributed by atoms with E-state index in [-0.39, 0.29) is 11.5 Å². The van der Waals surface area contributed by atoms with Crippen LogP contribution in [0.25, 0.3) is 0 Å². The van der Waals surface area contributed by atoms with Crippen molar-refractivity contribution in [1.82, 2.24) is 4.90 Å². The molecule has 9 heteroatoms. The molecule has 2 atom stereocenters. The van der Waals surface area contributed by atoms with E-state index in [0.29, 0.717) is 23.0 Å². The van der Waals surface area contributed by atoms with Crippen molar-refractivity contribution in [2.45, 2.75) is 18.3 Å². The van der Waals surface area contributed by atoms with Gasteiger partial charge in [0.1, 0.15) is 28.7 Å². The highest BCUT2D eigenvalue weighted by Crippen LogP contribution is 2.41. The lowest BCUT2D eigenvalue weighted by molar-refractivity contribution is -0.152. The fourth-order valence-corrected chi connectivity index (χ4v) is 4.48. The molecule has 0 aliphatic carbocycles. The van der Waals surface area contributed by atoms with E-state index in [4.69, 9.17) is 18.6 Å². The number of benzene rings is 1. The van der Waals surface area contributed by atoms with Crippen LogP contribution in [0.2, 0.25) is 0 Å². The van der Waals surface area contributed by atoms with Crippen LogP contribution in [0, 0.1) is 0 Å². The molecule has 1 aromatic heterocycles. The number of rotatable bonds is 7. The third-order valence-electron chi connectivity index (χ3n) is 4.48. The number of Topliss-reactive ketones (excluding diaryl/α,β-unsaturated/α-hetero) is 1. The Labute approximate surface area is 172 Å². The lowest BCUT2D eigenvalue weighted by atomic mass is 10.1. The Balaban J connectivity index is 1.67. The van der Waals surface area contributed by atoms with Gasteiger partial charge in [-0.3, -0.25) is 9.59 Å². The smallest absolute Gasteiger partial charge is 0.330 e. The predicted octanol–water partition coefficient (Wildman–Crippen LogP) is 2.69. The number of amides is 1. The molecule has 0 radical (unpaired) electrons. The highest BCUT2D eigenvalue weighted by atomic mass is 32.2. The van der Waals surface area contributed by atoms with Gasteiger partial charge in [0.2, 0.25) is 11.7 Å². The molecule has 1 aromatic carbocycles. The second kappa shape index (κ2) is 9.04. The highest BCUT2D eigenvalue weighted by Gasteiger charge is 2.43. The van der Waals surface area contributed by atoms with Gasteiger partial charge < -0.3 is 23.5 Å². The number of esters is 1. The van der Waals surface area contributed by atoms with Crippen LogP contribution in [0.5, 0.6) is 11.5 Å². The van der Waals surface area contributed by atoms with E-state index in [2.05, 4.69) is 0 Å². The Morgan fingerprint density at radius 2 is 2.00 bits per heavy atom. The van der Waals surface area contributed by atoms with Crippen LogP contribution in [0.1, 0.15) is 28.4 Å². The van der Waals surface area contributed by atoms with Gasteiger partial charge in [-0.25, -0.2) is 4.79 Å². The topological polar surface area (TPSA) is 95.3 Å². The molecule has 0 N–H and O–H groups in total. The fourth-order valence-electron chi connectivity index (χ4n) is 3.06.